The van der Waals surface area contributed by atoms with Gasteiger partial charge in [-0.1, -0.05) is 77.6 Å². The van der Waals surface area contributed by atoms with Crippen LogP contribution in [-0.2, 0) is 6.42 Å². The minimum Gasteiger partial charge on any atom is -0.272 e. The Hall–Kier alpha value is -3.57. The molecule has 5 heteroatoms. The predicted octanol–water partition coefficient (Wildman–Crippen LogP) is 4.77. The highest BCUT2D eigenvalue weighted by Crippen LogP contribution is 2.41. The summed E-state index contributed by atoms with van der Waals surface area (Å²) in [6, 6.07) is 22.7. The first-order chi connectivity index (χ1) is 16.1. The number of hydrogen-bond acceptors (Lipinski definition) is 3. The lowest BCUT2D eigenvalue weighted by Gasteiger charge is -2.30. The number of aryl methyl sites for hydroxylation is 2. The van der Waals surface area contributed by atoms with Crippen molar-refractivity contribution in [3.05, 3.63) is 132 Å². The van der Waals surface area contributed by atoms with Gasteiger partial charge in [-0.05, 0) is 60.2 Å². The van der Waals surface area contributed by atoms with Gasteiger partial charge < -0.3 is 0 Å². The maximum Gasteiger partial charge on any atom is 0.271 e. The second kappa shape index (κ2) is 7.78. The van der Waals surface area contributed by atoms with E-state index in [4.69, 9.17) is 4.99 Å². The molecule has 0 spiro atoms. The third kappa shape index (κ3) is 3.40. The lowest BCUT2D eigenvalue weighted by Crippen LogP contribution is -2.38. The van der Waals surface area contributed by atoms with Crippen LogP contribution < -0.4 is 14.9 Å². The van der Waals surface area contributed by atoms with Crippen LogP contribution in [0.3, 0.4) is 0 Å². The molecule has 2 aliphatic rings. The summed E-state index contributed by atoms with van der Waals surface area (Å²) < 4.78 is 16.2. The first kappa shape index (κ1) is 20.1. The second-order valence-corrected chi connectivity index (χ2v) is 9.59. The summed E-state index contributed by atoms with van der Waals surface area (Å²) in [7, 11) is 0. The highest BCUT2D eigenvalue weighted by Gasteiger charge is 2.32. The van der Waals surface area contributed by atoms with E-state index in [1.165, 1.54) is 34.6 Å². The average Bonchev–Trinajstić information content (AvgIpc) is 3.14. The molecule has 6 rings (SSSR count). The maximum absolute atomic E-state index is 13.7. The number of hydrogen-bond donors (Lipinski definition) is 0. The van der Waals surface area contributed by atoms with E-state index in [1.54, 1.807) is 16.7 Å². The molecule has 1 unspecified atom stereocenters. The third-order valence-electron chi connectivity index (χ3n) is 6.43. The molecule has 1 aromatic heterocycles. The van der Waals surface area contributed by atoms with Crippen LogP contribution in [0.5, 0.6) is 0 Å². The van der Waals surface area contributed by atoms with E-state index in [-0.39, 0.29) is 17.4 Å². The first-order valence-electron chi connectivity index (χ1n) is 11.0. The van der Waals surface area contributed by atoms with Crippen molar-refractivity contribution in [2.75, 3.05) is 0 Å². The molecule has 0 radical (unpaired) electrons. The molecule has 0 bridgehead atoms. The van der Waals surface area contributed by atoms with E-state index in [2.05, 4.69) is 18.2 Å². The van der Waals surface area contributed by atoms with Crippen molar-refractivity contribution >= 4 is 23.1 Å². The van der Waals surface area contributed by atoms with Crippen LogP contribution in [0.4, 0.5) is 4.39 Å². The van der Waals surface area contributed by atoms with Crippen LogP contribution in [0.25, 0.3) is 11.8 Å². The molecule has 0 saturated heterocycles. The highest BCUT2D eigenvalue weighted by molar-refractivity contribution is 7.07. The first-order valence-corrected chi connectivity index (χ1v) is 11.9. The molecule has 1 aliphatic carbocycles. The van der Waals surface area contributed by atoms with Gasteiger partial charge in [0.15, 0.2) is 4.80 Å². The Morgan fingerprint density at radius 3 is 2.55 bits per heavy atom. The molecule has 0 fully saturated rings. The Kier molecular flexibility index (Phi) is 4.73. The van der Waals surface area contributed by atoms with E-state index in [9.17, 15) is 9.18 Å². The number of thiazole rings is 1. The van der Waals surface area contributed by atoms with Gasteiger partial charge in [-0.15, -0.1) is 0 Å². The van der Waals surface area contributed by atoms with Crippen molar-refractivity contribution in [2.45, 2.75) is 25.8 Å². The van der Waals surface area contributed by atoms with Gasteiger partial charge >= 0.3 is 0 Å². The molecule has 3 aromatic carbocycles. The maximum atomic E-state index is 13.7. The Morgan fingerprint density at radius 2 is 1.76 bits per heavy atom. The molecule has 3 nitrogen and oxygen atoms in total. The predicted molar refractivity (Wildman–Crippen MR) is 130 cm³/mol. The van der Waals surface area contributed by atoms with Crippen molar-refractivity contribution in [1.29, 1.82) is 0 Å². The van der Waals surface area contributed by atoms with Crippen LogP contribution >= 0.6 is 11.3 Å². The molecule has 2 heterocycles. The van der Waals surface area contributed by atoms with Crippen LogP contribution in [0.2, 0.25) is 0 Å². The van der Waals surface area contributed by atoms with Crippen molar-refractivity contribution < 1.29 is 4.39 Å². The van der Waals surface area contributed by atoms with Crippen LogP contribution in [0.1, 0.15) is 40.3 Å². The summed E-state index contributed by atoms with van der Waals surface area (Å²) in [5.74, 6) is -0.284. The molecule has 33 heavy (non-hydrogen) atoms. The molecule has 1 atom stereocenters. The zero-order valence-corrected chi connectivity index (χ0v) is 18.9. The Balaban J connectivity index is 1.62. The molecular weight excluding hydrogens is 431 g/mol. The van der Waals surface area contributed by atoms with Crippen molar-refractivity contribution in [1.82, 2.24) is 4.57 Å². The minimum absolute atomic E-state index is 0.0564. The van der Waals surface area contributed by atoms with Crippen molar-refractivity contribution in [2.24, 2.45) is 4.99 Å². The smallest absolute Gasteiger partial charge is 0.271 e. The fourth-order valence-electron chi connectivity index (χ4n) is 4.78. The van der Waals surface area contributed by atoms with Crippen molar-refractivity contribution in [3.63, 3.8) is 0 Å². The summed E-state index contributed by atoms with van der Waals surface area (Å²) in [6.07, 6.45) is 3.65. The molecular formula is C28H21FN2OS. The topological polar surface area (TPSA) is 34.4 Å². The van der Waals surface area contributed by atoms with Crippen molar-refractivity contribution in [3.8, 4) is 0 Å². The summed E-state index contributed by atoms with van der Waals surface area (Å²) in [4.78, 5) is 19.3. The molecule has 0 amide bonds. The SMILES string of the molecule is Cc1ccc(C=c2sc3n(c2=O)C(c2ccc(F)cc2)C2=C(N=3)c3ccccc3CC2)cc1. The van der Waals surface area contributed by atoms with E-state index in [1.807, 2.05) is 43.3 Å². The fourth-order valence-corrected chi connectivity index (χ4v) is 5.78. The Morgan fingerprint density at radius 1 is 1.00 bits per heavy atom. The molecule has 0 saturated carbocycles. The monoisotopic (exact) mass is 452 g/mol. The van der Waals surface area contributed by atoms with E-state index in [0.717, 1.165) is 40.8 Å². The number of halogens is 1. The van der Waals surface area contributed by atoms with Crippen LogP contribution in [0, 0.1) is 12.7 Å². The van der Waals surface area contributed by atoms with Crippen LogP contribution in [-0.4, -0.2) is 4.57 Å². The van der Waals surface area contributed by atoms with E-state index >= 15 is 0 Å². The van der Waals surface area contributed by atoms with E-state index in [0.29, 0.717) is 9.33 Å². The number of fused-ring (bicyclic) bond motifs is 3. The fraction of sp³-hybridized carbons (Fsp3) is 0.143. The Bertz CT molecular complexity index is 1590. The summed E-state index contributed by atoms with van der Waals surface area (Å²) >= 11 is 1.41. The highest BCUT2D eigenvalue weighted by atomic mass is 32.1. The largest absolute Gasteiger partial charge is 0.272 e. The lowest BCUT2D eigenvalue weighted by molar-refractivity contribution is 0.581. The number of aromatic nitrogens is 1. The van der Waals surface area contributed by atoms with Gasteiger partial charge in [-0.2, -0.15) is 0 Å². The van der Waals surface area contributed by atoms with Gasteiger partial charge in [0.25, 0.3) is 5.56 Å². The van der Waals surface area contributed by atoms with Crippen LogP contribution in [0.15, 0.2) is 88.2 Å². The quantitative estimate of drug-likeness (QED) is 0.432. The third-order valence-corrected chi connectivity index (χ3v) is 7.42. The number of benzene rings is 3. The Labute approximate surface area is 194 Å². The number of rotatable bonds is 2. The number of nitrogens with zero attached hydrogens (tertiary/aromatic N) is 2. The van der Waals surface area contributed by atoms with Gasteiger partial charge in [0.1, 0.15) is 5.82 Å². The zero-order chi connectivity index (χ0) is 22.5. The molecule has 162 valence electrons. The normalized spacial score (nSPS) is 17.3. The summed E-state index contributed by atoms with van der Waals surface area (Å²) in [5, 5.41) is 0. The van der Waals surface area contributed by atoms with Gasteiger partial charge in [-0.25, -0.2) is 9.38 Å². The standard InChI is InChI=1S/C28H21FN2OS/c1-17-6-8-18(9-7-17)16-24-27(32)31-26(20-10-13-21(29)14-11-20)23-15-12-19-4-2-3-5-22(19)25(23)30-28(31)33-24/h2-11,13-14,16,26H,12,15H2,1H3. The van der Waals surface area contributed by atoms with Gasteiger partial charge in [0.2, 0.25) is 0 Å². The average molecular weight is 453 g/mol. The second-order valence-electron chi connectivity index (χ2n) is 8.58. The van der Waals surface area contributed by atoms with Gasteiger partial charge in [-0.3, -0.25) is 9.36 Å². The summed E-state index contributed by atoms with van der Waals surface area (Å²) in [5.41, 5.74) is 7.48. The minimum atomic E-state index is -0.287. The lowest BCUT2D eigenvalue weighted by atomic mass is 9.83. The van der Waals surface area contributed by atoms with E-state index < -0.39 is 0 Å². The zero-order valence-electron chi connectivity index (χ0n) is 18.1. The molecule has 1 aliphatic heterocycles. The van der Waals surface area contributed by atoms with Gasteiger partial charge in [0, 0.05) is 5.56 Å². The number of allylic oxidation sites excluding steroid dienone is 1. The molecule has 4 aromatic rings. The summed E-state index contributed by atoms with van der Waals surface area (Å²) in [6.45, 7) is 2.04. The van der Waals surface area contributed by atoms with Gasteiger partial charge in [0.05, 0.1) is 16.3 Å². The molecule has 0 N–H and O–H groups in total.